The summed E-state index contributed by atoms with van der Waals surface area (Å²) in [5.41, 5.74) is -0.936. The number of aromatic nitrogens is 2. The van der Waals surface area contributed by atoms with Gasteiger partial charge >= 0.3 is 6.18 Å². The van der Waals surface area contributed by atoms with Crippen molar-refractivity contribution >= 4 is 15.9 Å². The largest absolute Gasteiger partial charge is 0.435 e. The van der Waals surface area contributed by atoms with Gasteiger partial charge in [0.2, 0.25) is 0 Å². The SMILES string of the molecule is FCCn1cc(CBr)c(C(F)(F)F)n1. The normalized spacial score (nSPS) is 12.1. The third-order valence-electron chi connectivity index (χ3n) is 1.56. The molecule has 0 spiro atoms. The summed E-state index contributed by atoms with van der Waals surface area (Å²) in [7, 11) is 0. The second-order valence-corrected chi connectivity index (χ2v) is 3.15. The first-order valence-electron chi connectivity index (χ1n) is 3.74. The van der Waals surface area contributed by atoms with Crippen LogP contribution in [0.2, 0.25) is 0 Å². The number of alkyl halides is 5. The van der Waals surface area contributed by atoms with Crippen LogP contribution >= 0.6 is 15.9 Å². The molecule has 80 valence electrons. The monoisotopic (exact) mass is 274 g/mol. The Morgan fingerprint density at radius 3 is 2.43 bits per heavy atom. The lowest BCUT2D eigenvalue weighted by atomic mass is 10.3. The van der Waals surface area contributed by atoms with Crippen molar-refractivity contribution in [1.82, 2.24) is 9.78 Å². The van der Waals surface area contributed by atoms with E-state index in [1.165, 1.54) is 6.20 Å². The summed E-state index contributed by atoms with van der Waals surface area (Å²) in [5, 5.41) is 3.31. The Labute approximate surface area is 86.0 Å². The fourth-order valence-corrected chi connectivity index (χ4v) is 1.41. The molecule has 0 amide bonds. The Morgan fingerprint density at radius 2 is 2.07 bits per heavy atom. The highest BCUT2D eigenvalue weighted by molar-refractivity contribution is 9.08. The van der Waals surface area contributed by atoms with Crippen molar-refractivity contribution in [2.75, 3.05) is 6.67 Å². The van der Waals surface area contributed by atoms with Gasteiger partial charge in [-0.1, -0.05) is 15.9 Å². The highest BCUT2D eigenvalue weighted by Crippen LogP contribution is 2.31. The third kappa shape index (κ3) is 2.46. The van der Waals surface area contributed by atoms with E-state index >= 15 is 0 Å². The van der Waals surface area contributed by atoms with Crippen molar-refractivity contribution in [1.29, 1.82) is 0 Å². The predicted octanol–water partition coefficient (Wildman–Crippen LogP) is 2.77. The molecule has 1 heterocycles. The van der Waals surface area contributed by atoms with Gasteiger partial charge < -0.3 is 0 Å². The van der Waals surface area contributed by atoms with Crippen LogP contribution in [0.1, 0.15) is 11.3 Å². The second kappa shape index (κ2) is 4.29. The molecule has 1 aromatic heterocycles. The van der Waals surface area contributed by atoms with Crippen LogP contribution in [0.3, 0.4) is 0 Å². The molecule has 0 saturated carbocycles. The van der Waals surface area contributed by atoms with E-state index in [2.05, 4.69) is 21.0 Å². The lowest BCUT2D eigenvalue weighted by Crippen LogP contribution is -2.10. The molecule has 0 saturated heterocycles. The van der Waals surface area contributed by atoms with E-state index in [4.69, 9.17) is 0 Å². The Morgan fingerprint density at radius 1 is 1.43 bits per heavy atom. The molecule has 0 radical (unpaired) electrons. The number of aryl methyl sites for hydroxylation is 1. The summed E-state index contributed by atoms with van der Waals surface area (Å²) in [6.45, 7) is -0.892. The van der Waals surface area contributed by atoms with Crippen molar-refractivity contribution in [2.45, 2.75) is 18.1 Å². The zero-order valence-electron chi connectivity index (χ0n) is 6.98. The Hall–Kier alpha value is -0.590. The molecule has 0 aliphatic heterocycles. The van der Waals surface area contributed by atoms with Crippen molar-refractivity contribution < 1.29 is 17.6 Å². The fraction of sp³-hybridized carbons (Fsp3) is 0.571. The summed E-state index contributed by atoms with van der Waals surface area (Å²) in [5.74, 6) is 0. The summed E-state index contributed by atoms with van der Waals surface area (Å²) < 4.78 is 49.7. The molecule has 0 fully saturated rings. The fourth-order valence-electron chi connectivity index (χ4n) is 1.00. The molecule has 7 heteroatoms. The average Bonchev–Trinajstić information content (AvgIpc) is 2.47. The van der Waals surface area contributed by atoms with Crippen LogP contribution in [-0.4, -0.2) is 16.5 Å². The highest BCUT2D eigenvalue weighted by atomic mass is 79.9. The van der Waals surface area contributed by atoms with E-state index in [9.17, 15) is 17.6 Å². The van der Waals surface area contributed by atoms with Crippen LogP contribution in [0.5, 0.6) is 0 Å². The van der Waals surface area contributed by atoms with Crippen molar-refractivity contribution in [3.05, 3.63) is 17.5 Å². The predicted molar refractivity (Wildman–Crippen MR) is 45.8 cm³/mol. The molecule has 0 aromatic carbocycles. The highest BCUT2D eigenvalue weighted by Gasteiger charge is 2.36. The number of halogens is 5. The molecule has 0 bridgehead atoms. The molecule has 2 nitrogen and oxygen atoms in total. The minimum absolute atomic E-state index is 0.0194. The van der Waals surface area contributed by atoms with Crippen molar-refractivity contribution in [3.8, 4) is 0 Å². The summed E-state index contributed by atoms with van der Waals surface area (Å²) in [6.07, 6.45) is -3.29. The maximum absolute atomic E-state index is 12.3. The number of hydrogen-bond acceptors (Lipinski definition) is 1. The van der Waals surface area contributed by atoms with E-state index in [-0.39, 0.29) is 17.4 Å². The Balaban J connectivity index is 3.02. The first-order chi connectivity index (χ1) is 6.49. The maximum Gasteiger partial charge on any atom is 0.435 e. The summed E-state index contributed by atoms with van der Waals surface area (Å²) in [4.78, 5) is 0. The van der Waals surface area contributed by atoms with Crippen LogP contribution in [0.25, 0.3) is 0 Å². The van der Waals surface area contributed by atoms with Gasteiger partial charge in [-0.05, 0) is 0 Å². The van der Waals surface area contributed by atoms with Crippen LogP contribution in [0, 0.1) is 0 Å². The van der Waals surface area contributed by atoms with Crippen LogP contribution in [-0.2, 0) is 18.1 Å². The van der Waals surface area contributed by atoms with Gasteiger partial charge in [0, 0.05) is 17.1 Å². The van der Waals surface area contributed by atoms with Crippen LogP contribution in [0.15, 0.2) is 6.20 Å². The topological polar surface area (TPSA) is 17.8 Å². The van der Waals surface area contributed by atoms with E-state index < -0.39 is 18.5 Å². The van der Waals surface area contributed by atoms with Gasteiger partial charge in [0.15, 0.2) is 5.69 Å². The number of hydrogen-bond donors (Lipinski definition) is 0. The van der Waals surface area contributed by atoms with Crippen LogP contribution in [0.4, 0.5) is 17.6 Å². The summed E-state index contributed by atoms with van der Waals surface area (Å²) >= 11 is 2.92. The van der Waals surface area contributed by atoms with Gasteiger partial charge in [-0.3, -0.25) is 4.68 Å². The van der Waals surface area contributed by atoms with E-state index in [0.29, 0.717) is 0 Å². The molecule has 0 aliphatic rings. The molecule has 0 atom stereocenters. The molecular weight excluding hydrogens is 268 g/mol. The van der Waals surface area contributed by atoms with Gasteiger partial charge in [0.25, 0.3) is 0 Å². The van der Waals surface area contributed by atoms with Gasteiger partial charge in [0.05, 0.1) is 6.54 Å². The standard InChI is InChI=1S/C7H7BrF4N2/c8-3-5-4-14(2-1-9)13-6(5)7(10,11)12/h4H,1-3H2. The Kier molecular flexibility index (Phi) is 3.52. The molecule has 0 N–H and O–H groups in total. The van der Waals surface area contributed by atoms with E-state index in [0.717, 1.165) is 4.68 Å². The second-order valence-electron chi connectivity index (χ2n) is 2.59. The molecular formula is C7H7BrF4N2. The lowest BCUT2D eigenvalue weighted by Gasteiger charge is -2.03. The first kappa shape index (κ1) is 11.5. The minimum atomic E-state index is -4.48. The number of nitrogens with zero attached hydrogens (tertiary/aromatic N) is 2. The van der Waals surface area contributed by atoms with E-state index in [1.54, 1.807) is 0 Å². The van der Waals surface area contributed by atoms with Gasteiger partial charge in [0.1, 0.15) is 6.67 Å². The molecule has 14 heavy (non-hydrogen) atoms. The zero-order valence-corrected chi connectivity index (χ0v) is 8.57. The van der Waals surface area contributed by atoms with E-state index in [1.807, 2.05) is 0 Å². The average molecular weight is 275 g/mol. The van der Waals surface area contributed by atoms with Crippen LogP contribution < -0.4 is 0 Å². The van der Waals surface area contributed by atoms with Gasteiger partial charge in [-0.15, -0.1) is 0 Å². The molecule has 1 rings (SSSR count). The van der Waals surface area contributed by atoms with Gasteiger partial charge in [-0.25, -0.2) is 4.39 Å². The third-order valence-corrected chi connectivity index (χ3v) is 2.17. The Bertz CT molecular complexity index is 307. The van der Waals surface area contributed by atoms with Gasteiger partial charge in [-0.2, -0.15) is 18.3 Å². The quantitative estimate of drug-likeness (QED) is 0.612. The molecule has 1 aromatic rings. The lowest BCUT2D eigenvalue weighted by molar-refractivity contribution is -0.142. The maximum atomic E-state index is 12.3. The summed E-state index contributed by atoms with van der Waals surface area (Å²) in [6, 6.07) is 0. The smallest absolute Gasteiger partial charge is 0.269 e. The molecule has 0 unspecified atom stereocenters. The zero-order chi connectivity index (χ0) is 10.8. The molecule has 0 aliphatic carbocycles. The van der Waals surface area contributed by atoms with Crippen molar-refractivity contribution in [2.24, 2.45) is 0 Å². The van der Waals surface area contributed by atoms with Crippen molar-refractivity contribution in [3.63, 3.8) is 0 Å². The minimum Gasteiger partial charge on any atom is -0.269 e. The number of rotatable bonds is 3. The first-order valence-corrected chi connectivity index (χ1v) is 4.86.